The van der Waals surface area contributed by atoms with Gasteiger partial charge in [-0.3, -0.25) is 9.59 Å². The molecule has 122 valence electrons. The molecule has 0 bridgehead atoms. The molecule has 1 aliphatic rings. The summed E-state index contributed by atoms with van der Waals surface area (Å²) in [5.74, 6) is -0.265. The van der Waals surface area contributed by atoms with E-state index in [-0.39, 0.29) is 24.2 Å². The summed E-state index contributed by atoms with van der Waals surface area (Å²) in [6.07, 6.45) is 2.30. The maximum atomic E-state index is 12.3. The molecule has 0 saturated carbocycles. The molecule has 5 nitrogen and oxygen atoms in total. The standard InChI is InChI=1S/C17H21N3O2S/c1-3-4-7-18-17(22)12-8-16(21)20(10-12)13-5-6-15-14(9-13)19-11(2)23-15/h5-6,9,12H,3-4,7-8,10H2,1-2H3,(H,18,22). The van der Waals surface area contributed by atoms with Crippen LogP contribution in [0.4, 0.5) is 5.69 Å². The van der Waals surface area contributed by atoms with Gasteiger partial charge in [-0.25, -0.2) is 4.98 Å². The van der Waals surface area contributed by atoms with E-state index in [9.17, 15) is 9.59 Å². The first-order valence-corrected chi connectivity index (χ1v) is 8.85. The maximum Gasteiger partial charge on any atom is 0.227 e. The van der Waals surface area contributed by atoms with Crippen LogP contribution in [-0.2, 0) is 9.59 Å². The molecule has 2 heterocycles. The Morgan fingerprint density at radius 1 is 1.48 bits per heavy atom. The SMILES string of the molecule is CCCCNC(=O)C1CC(=O)N(c2ccc3sc(C)nc3c2)C1. The molecular formula is C17H21N3O2S. The quantitative estimate of drug-likeness (QED) is 0.857. The van der Waals surface area contributed by atoms with E-state index in [1.54, 1.807) is 16.2 Å². The number of carbonyl (C=O) groups excluding carboxylic acids is 2. The molecule has 0 radical (unpaired) electrons. The van der Waals surface area contributed by atoms with Gasteiger partial charge in [0.25, 0.3) is 0 Å². The van der Waals surface area contributed by atoms with Crippen LogP contribution in [0.25, 0.3) is 10.2 Å². The minimum Gasteiger partial charge on any atom is -0.356 e. The van der Waals surface area contributed by atoms with Crippen molar-refractivity contribution in [3.8, 4) is 0 Å². The van der Waals surface area contributed by atoms with Crippen LogP contribution in [0.5, 0.6) is 0 Å². The molecule has 1 atom stereocenters. The zero-order valence-corrected chi connectivity index (χ0v) is 14.3. The van der Waals surface area contributed by atoms with E-state index in [1.165, 1.54) is 0 Å². The van der Waals surface area contributed by atoms with Crippen LogP contribution < -0.4 is 10.2 Å². The molecule has 3 rings (SSSR count). The molecule has 2 aromatic rings. The highest BCUT2D eigenvalue weighted by atomic mass is 32.1. The number of nitrogens with one attached hydrogen (secondary N) is 1. The lowest BCUT2D eigenvalue weighted by Gasteiger charge is -2.16. The van der Waals surface area contributed by atoms with Crippen molar-refractivity contribution < 1.29 is 9.59 Å². The fourth-order valence-electron chi connectivity index (χ4n) is 2.86. The molecule has 23 heavy (non-hydrogen) atoms. The summed E-state index contributed by atoms with van der Waals surface area (Å²) < 4.78 is 1.12. The summed E-state index contributed by atoms with van der Waals surface area (Å²) in [6.45, 7) is 5.20. The van der Waals surface area contributed by atoms with Crippen molar-refractivity contribution in [1.82, 2.24) is 10.3 Å². The summed E-state index contributed by atoms with van der Waals surface area (Å²) in [6, 6.07) is 5.88. The lowest BCUT2D eigenvalue weighted by Crippen LogP contribution is -2.33. The van der Waals surface area contributed by atoms with Crippen LogP contribution in [0.2, 0.25) is 0 Å². The number of anilines is 1. The van der Waals surface area contributed by atoms with Gasteiger partial charge in [-0.05, 0) is 31.5 Å². The molecule has 1 unspecified atom stereocenters. The highest BCUT2D eigenvalue weighted by molar-refractivity contribution is 7.18. The maximum absolute atomic E-state index is 12.3. The second kappa shape index (κ2) is 6.66. The van der Waals surface area contributed by atoms with Gasteiger partial charge in [0.05, 0.1) is 21.1 Å². The van der Waals surface area contributed by atoms with E-state index in [4.69, 9.17) is 0 Å². The van der Waals surface area contributed by atoms with Crippen LogP contribution in [-0.4, -0.2) is 29.9 Å². The third kappa shape index (κ3) is 3.37. The summed E-state index contributed by atoms with van der Waals surface area (Å²) in [7, 11) is 0. The Bertz CT molecular complexity index is 741. The van der Waals surface area contributed by atoms with Crippen molar-refractivity contribution >= 4 is 39.1 Å². The van der Waals surface area contributed by atoms with Crippen molar-refractivity contribution in [1.29, 1.82) is 0 Å². The number of amides is 2. The number of benzene rings is 1. The molecule has 6 heteroatoms. The third-order valence-corrected chi connectivity index (χ3v) is 5.07. The number of unbranched alkanes of at least 4 members (excludes halogenated alkanes) is 1. The van der Waals surface area contributed by atoms with Gasteiger partial charge >= 0.3 is 0 Å². The Kier molecular flexibility index (Phi) is 4.61. The minimum atomic E-state index is -0.257. The number of aromatic nitrogens is 1. The zero-order chi connectivity index (χ0) is 16.4. The van der Waals surface area contributed by atoms with Crippen LogP contribution in [0.3, 0.4) is 0 Å². The van der Waals surface area contributed by atoms with Crippen LogP contribution in [0.1, 0.15) is 31.2 Å². The Hall–Kier alpha value is -1.95. The summed E-state index contributed by atoms with van der Waals surface area (Å²) in [5.41, 5.74) is 1.74. The Morgan fingerprint density at radius 2 is 2.30 bits per heavy atom. The van der Waals surface area contributed by atoms with Gasteiger partial charge in [0.2, 0.25) is 11.8 Å². The van der Waals surface area contributed by atoms with Gasteiger partial charge in [-0.15, -0.1) is 11.3 Å². The number of hydrogen-bond donors (Lipinski definition) is 1. The Balaban J connectivity index is 1.72. The number of aryl methyl sites for hydroxylation is 1. The van der Waals surface area contributed by atoms with Crippen molar-refractivity contribution in [3.63, 3.8) is 0 Å². The van der Waals surface area contributed by atoms with Gasteiger partial charge in [-0.2, -0.15) is 0 Å². The number of nitrogens with zero attached hydrogens (tertiary/aromatic N) is 2. The second-order valence-corrected chi connectivity index (χ2v) is 7.17. The smallest absolute Gasteiger partial charge is 0.227 e. The van der Waals surface area contributed by atoms with E-state index >= 15 is 0 Å². The molecule has 0 spiro atoms. The molecule has 1 fully saturated rings. The highest BCUT2D eigenvalue weighted by Gasteiger charge is 2.35. The zero-order valence-electron chi connectivity index (χ0n) is 13.5. The van der Waals surface area contributed by atoms with Gasteiger partial charge in [0.1, 0.15) is 0 Å². The number of fused-ring (bicyclic) bond motifs is 1. The molecule has 1 aromatic carbocycles. The highest BCUT2D eigenvalue weighted by Crippen LogP contribution is 2.30. The monoisotopic (exact) mass is 331 g/mol. The number of hydrogen-bond acceptors (Lipinski definition) is 4. The first-order valence-electron chi connectivity index (χ1n) is 8.03. The predicted molar refractivity (Wildman–Crippen MR) is 92.7 cm³/mol. The van der Waals surface area contributed by atoms with Crippen LogP contribution >= 0.6 is 11.3 Å². The fourth-order valence-corrected chi connectivity index (χ4v) is 3.67. The largest absolute Gasteiger partial charge is 0.356 e. The molecule has 2 amide bonds. The molecule has 1 saturated heterocycles. The fraction of sp³-hybridized carbons (Fsp3) is 0.471. The Morgan fingerprint density at radius 3 is 3.09 bits per heavy atom. The average Bonchev–Trinajstić information content (AvgIpc) is 3.08. The van der Waals surface area contributed by atoms with Gasteiger partial charge in [0.15, 0.2) is 0 Å². The average molecular weight is 331 g/mol. The van der Waals surface area contributed by atoms with E-state index < -0.39 is 0 Å². The molecule has 1 aliphatic heterocycles. The van der Waals surface area contributed by atoms with Gasteiger partial charge < -0.3 is 10.2 Å². The number of thiazole rings is 1. The minimum absolute atomic E-state index is 0.00643. The van der Waals surface area contributed by atoms with Crippen molar-refractivity contribution in [3.05, 3.63) is 23.2 Å². The molecule has 1 aromatic heterocycles. The van der Waals surface area contributed by atoms with Crippen molar-refractivity contribution in [2.24, 2.45) is 5.92 Å². The van der Waals surface area contributed by atoms with E-state index in [0.29, 0.717) is 13.1 Å². The topological polar surface area (TPSA) is 62.3 Å². The first-order chi connectivity index (χ1) is 11.1. The number of rotatable bonds is 5. The third-order valence-electron chi connectivity index (χ3n) is 4.12. The summed E-state index contributed by atoms with van der Waals surface area (Å²) in [5, 5.41) is 3.93. The molecular weight excluding hydrogens is 310 g/mol. The van der Waals surface area contributed by atoms with Crippen molar-refractivity contribution in [2.75, 3.05) is 18.0 Å². The van der Waals surface area contributed by atoms with E-state index in [1.807, 2.05) is 25.1 Å². The summed E-state index contributed by atoms with van der Waals surface area (Å²) in [4.78, 5) is 30.6. The normalized spacial score (nSPS) is 17.9. The van der Waals surface area contributed by atoms with Crippen LogP contribution in [0.15, 0.2) is 18.2 Å². The molecule has 0 aliphatic carbocycles. The molecule has 1 N–H and O–H groups in total. The predicted octanol–water partition coefficient (Wildman–Crippen LogP) is 2.87. The van der Waals surface area contributed by atoms with E-state index in [2.05, 4.69) is 17.2 Å². The first kappa shape index (κ1) is 15.9. The van der Waals surface area contributed by atoms with E-state index in [0.717, 1.165) is 33.8 Å². The Labute approximate surface area is 139 Å². The lowest BCUT2D eigenvalue weighted by molar-refractivity contribution is -0.126. The number of carbonyl (C=O) groups is 2. The van der Waals surface area contributed by atoms with Crippen molar-refractivity contribution in [2.45, 2.75) is 33.1 Å². The van der Waals surface area contributed by atoms with Crippen LogP contribution in [0, 0.1) is 12.8 Å². The van der Waals surface area contributed by atoms with Gasteiger partial charge in [-0.1, -0.05) is 13.3 Å². The second-order valence-electron chi connectivity index (χ2n) is 5.93. The lowest BCUT2D eigenvalue weighted by atomic mass is 10.1. The summed E-state index contributed by atoms with van der Waals surface area (Å²) >= 11 is 1.64. The van der Waals surface area contributed by atoms with Gasteiger partial charge in [0, 0.05) is 25.2 Å².